The van der Waals surface area contributed by atoms with Gasteiger partial charge in [0.25, 0.3) is 11.1 Å². The van der Waals surface area contributed by atoms with Crippen LogP contribution in [0.2, 0.25) is 0 Å². The Bertz CT molecular complexity index is 1600. The lowest BCUT2D eigenvalue weighted by Crippen LogP contribution is -2.56. The first kappa shape index (κ1) is 26.8. The van der Waals surface area contributed by atoms with Crippen molar-refractivity contribution in [3.8, 4) is 0 Å². The number of H-pyrrole nitrogens is 2. The third kappa shape index (κ3) is 6.07. The number of carbonyl (C=O) groups is 3. The zero-order chi connectivity index (χ0) is 27.4. The van der Waals surface area contributed by atoms with Crippen LogP contribution in [0.15, 0.2) is 49.6 Å². The number of benzene rings is 1. The van der Waals surface area contributed by atoms with Gasteiger partial charge >= 0.3 is 17.3 Å². The van der Waals surface area contributed by atoms with Crippen molar-refractivity contribution >= 4 is 28.7 Å². The van der Waals surface area contributed by atoms with Crippen molar-refractivity contribution in [2.75, 3.05) is 13.6 Å². The largest absolute Gasteiger partial charge is 0.480 e. The minimum atomic E-state index is -1.56. The van der Waals surface area contributed by atoms with Crippen LogP contribution < -0.4 is 33.5 Å². The normalized spacial score (nSPS) is 12.6. The number of nitrogens with two attached hydrogens (primary N) is 1. The number of aliphatic carboxylic acids is 1. The van der Waals surface area contributed by atoms with Crippen molar-refractivity contribution in [1.82, 2.24) is 29.3 Å². The molecule has 0 aliphatic rings. The van der Waals surface area contributed by atoms with E-state index in [0.717, 1.165) is 9.47 Å². The van der Waals surface area contributed by atoms with Crippen LogP contribution in [0.5, 0.6) is 0 Å². The topological polar surface area (TPSA) is 222 Å². The molecule has 3 rings (SSSR count). The van der Waals surface area contributed by atoms with Gasteiger partial charge in [0.2, 0.25) is 11.8 Å². The van der Waals surface area contributed by atoms with Gasteiger partial charge in [-0.15, -0.1) is 0 Å². The third-order valence-corrected chi connectivity index (χ3v) is 5.54. The van der Waals surface area contributed by atoms with Crippen LogP contribution in [0.25, 0.3) is 10.9 Å². The summed E-state index contributed by atoms with van der Waals surface area (Å²) >= 11 is 0. The van der Waals surface area contributed by atoms with Gasteiger partial charge < -0.3 is 26.0 Å². The van der Waals surface area contributed by atoms with E-state index >= 15 is 0 Å². The monoisotopic (exact) mass is 515 g/mol. The van der Waals surface area contributed by atoms with Gasteiger partial charge in [-0.25, -0.2) is 9.59 Å². The molecule has 2 amide bonds. The Balaban J connectivity index is 1.92. The number of nitrogens with one attached hydrogen (secondary N) is 3. The summed E-state index contributed by atoms with van der Waals surface area (Å²) in [6, 6.07) is 3.23. The molecule has 0 radical (unpaired) electrons. The number of aryl methyl sites for hydroxylation is 1. The van der Waals surface area contributed by atoms with Crippen molar-refractivity contribution in [3.05, 3.63) is 77.7 Å². The van der Waals surface area contributed by atoms with E-state index < -0.39 is 65.5 Å². The number of carboxylic acids is 1. The number of rotatable bonds is 9. The fourth-order valence-corrected chi connectivity index (χ4v) is 3.61. The predicted molar refractivity (Wildman–Crippen MR) is 130 cm³/mol. The van der Waals surface area contributed by atoms with E-state index in [9.17, 15) is 33.6 Å². The van der Waals surface area contributed by atoms with Crippen LogP contribution in [0, 0.1) is 6.92 Å². The molecule has 37 heavy (non-hydrogen) atoms. The molecular formula is C22H25N7O8. The number of hydrogen-bond acceptors (Lipinski definition) is 8. The summed E-state index contributed by atoms with van der Waals surface area (Å²) in [7, 11) is 1.17. The van der Waals surface area contributed by atoms with Crippen LogP contribution >= 0.6 is 0 Å². The molecule has 0 aliphatic heterocycles. The second-order valence-electron chi connectivity index (χ2n) is 8.37. The standard InChI is InChI=1S/C22H25N7O8/c1-11-7-28(21(36)26-17(11)32)8-13(23)18(33)24-15(20(35)27(2)10-16(30)31)9-29-19(34)12-5-3-4-6-14(12)25-22(29)37/h3-7,13,15H,8-10,23H2,1-2H3,(H,24,33)(H,25,37)(H,30,31)(H,26,32,36)/t13-,15-/m1/s1. The van der Waals surface area contributed by atoms with Crippen LogP contribution in [0.1, 0.15) is 5.56 Å². The zero-order valence-corrected chi connectivity index (χ0v) is 19.9. The molecule has 2 aromatic heterocycles. The van der Waals surface area contributed by atoms with Gasteiger partial charge in [0.05, 0.1) is 24.0 Å². The maximum Gasteiger partial charge on any atom is 0.328 e. The fraction of sp³-hybridized carbons (Fsp3) is 0.318. The molecule has 0 saturated heterocycles. The van der Waals surface area contributed by atoms with Gasteiger partial charge in [-0.05, 0) is 19.1 Å². The maximum absolute atomic E-state index is 13.0. The first-order valence-electron chi connectivity index (χ1n) is 10.9. The number of nitrogens with zero attached hydrogens (tertiary/aromatic N) is 3. The smallest absolute Gasteiger partial charge is 0.328 e. The molecule has 3 aromatic rings. The summed E-state index contributed by atoms with van der Waals surface area (Å²) in [5.41, 5.74) is 3.41. The molecule has 15 nitrogen and oxygen atoms in total. The molecule has 0 spiro atoms. The predicted octanol–water partition coefficient (Wildman–Crippen LogP) is -3.10. The van der Waals surface area contributed by atoms with E-state index in [0.29, 0.717) is 4.57 Å². The molecule has 6 N–H and O–H groups in total. The zero-order valence-electron chi connectivity index (χ0n) is 19.9. The lowest BCUT2D eigenvalue weighted by atomic mass is 10.2. The molecular weight excluding hydrogens is 490 g/mol. The molecule has 2 heterocycles. The fourth-order valence-electron chi connectivity index (χ4n) is 3.61. The Morgan fingerprint density at radius 2 is 1.76 bits per heavy atom. The van der Waals surface area contributed by atoms with Gasteiger partial charge in [0, 0.05) is 18.8 Å². The molecule has 1 aromatic carbocycles. The molecule has 0 saturated carbocycles. The Kier molecular flexibility index (Phi) is 7.87. The first-order valence-corrected chi connectivity index (χ1v) is 10.9. The van der Waals surface area contributed by atoms with Crippen LogP contribution in [0.4, 0.5) is 0 Å². The number of fused-ring (bicyclic) bond motifs is 1. The maximum atomic E-state index is 13.0. The summed E-state index contributed by atoms with van der Waals surface area (Å²) in [5.74, 6) is -3.16. The number of carboxylic acid groups (broad SMARTS) is 1. The van der Waals surface area contributed by atoms with Crippen LogP contribution in [0.3, 0.4) is 0 Å². The Hall–Kier alpha value is -4.79. The Morgan fingerprint density at radius 1 is 1.08 bits per heavy atom. The van der Waals surface area contributed by atoms with E-state index in [1.165, 1.54) is 32.3 Å². The van der Waals surface area contributed by atoms with Gasteiger partial charge in [0.15, 0.2) is 0 Å². The summed E-state index contributed by atoms with van der Waals surface area (Å²) in [6.07, 6.45) is 1.21. The highest BCUT2D eigenvalue weighted by atomic mass is 16.4. The van der Waals surface area contributed by atoms with Gasteiger partial charge in [-0.3, -0.25) is 38.1 Å². The lowest BCUT2D eigenvalue weighted by Gasteiger charge is -2.25. The van der Waals surface area contributed by atoms with Gasteiger partial charge in [-0.2, -0.15) is 0 Å². The Labute approximate surface area is 207 Å². The summed E-state index contributed by atoms with van der Waals surface area (Å²) < 4.78 is 1.72. The van der Waals surface area contributed by atoms with E-state index in [-0.39, 0.29) is 23.0 Å². The van der Waals surface area contributed by atoms with Gasteiger partial charge in [-0.1, -0.05) is 12.1 Å². The quantitative estimate of drug-likeness (QED) is 0.194. The lowest BCUT2D eigenvalue weighted by molar-refractivity contribution is -0.145. The molecule has 0 aliphatic carbocycles. The number of aromatic nitrogens is 4. The molecule has 2 atom stereocenters. The van der Waals surface area contributed by atoms with Crippen molar-refractivity contribution < 1.29 is 19.5 Å². The molecule has 15 heteroatoms. The van der Waals surface area contributed by atoms with Crippen molar-refractivity contribution in [1.29, 1.82) is 0 Å². The highest BCUT2D eigenvalue weighted by Crippen LogP contribution is 2.04. The second-order valence-corrected chi connectivity index (χ2v) is 8.37. The average molecular weight is 515 g/mol. The van der Waals surface area contributed by atoms with Crippen molar-refractivity contribution in [3.63, 3.8) is 0 Å². The number of carbonyl (C=O) groups excluding carboxylic acids is 2. The molecule has 0 bridgehead atoms. The number of para-hydroxylation sites is 1. The summed E-state index contributed by atoms with van der Waals surface area (Å²) in [6.45, 7) is -0.263. The third-order valence-electron chi connectivity index (χ3n) is 5.54. The highest BCUT2D eigenvalue weighted by molar-refractivity contribution is 5.91. The summed E-state index contributed by atoms with van der Waals surface area (Å²) in [4.78, 5) is 91.5. The second kappa shape index (κ2) is 10.9. The molecule has 0 unspecified atom stereocenters. The van der Waals surface area contributed by atoms with Crippen LogP contribution in [-0.4, -0.2) is 72.6 Å². The number of aromatic amines is 2. The number of likely N-dealkylation sites (N-methyl/N-ethyl adjacent to an activating group) is 1. The molecule has 196 valence electrons. The minimum Gasteiger partial charge on any atom is -0.480 e. The van der Waals surface area contributed by atoms with Crippen LogP contribution in [-0.2, 0) is 27.5 Å². The van der Waals surface area contributed by atoms with Crippen molar-refractivity contribution in [2.24, 2.45) is 5.73 Å². The summed E-state index contributed by atoms with van der Waals surface area (Å²) in [5, 5.41) is 11.5. The SMILES string of the molecule is Cc1cn(C[C@@H](N)C(=O)N[C@H](Cn2c(=O)[nH]c3ccccc3c2=O)C(=O)N(C)CC(=O)O)c(=O)[nH]c1=O. The number of hydrogen-bond donors (Lipinski definition) is 5. The highest BCUT2D eigenvalue weighted by Gasteiger charge is 2.29. The van der Waals surface area contributed by atoms with Crippen molar-refractivity contribution in [2.45, 2.75) is 32.1 Å². The minimum absolute atomic E-state index is 0.156. The van der Waals surface area contributed by atoms with E-state index in [1.807, 2.05) is 0 Å². The van der Waals surface area contributed by atoms with E-state index in [2.05, 4.69) is 15.3 Å². The molecule has 0 fully saturated rings. The van der Waals surface area contributed by atoms with E-state index in [4.69, 9.17) is 10.8 Å². The average Bonchev–Trinajstić information content (AvgIpc) is 2.83. The van der Waals surface area contributed by atoms with Gasteiger partial charge in [0.1, 0.15) is 18.6 Å². The number of amides is 2. The first-order chi connectivity index (χ1) is 17.4. The Morgan fingerprint density at radius 3 is 2.43 bits per heavy atom. The van der Waals surface area contributed by atoms with E-state index in [1.54, 1.807) is 12.1 Å².